The fraction of sp³-hybridized carbons (Fsp3) is 0.357. The minimum atomic E-state index is -0.859. The smallest absolute Gasteiger partial charge is 0.335 e. The average molecular weight is 232 g/mol. The first-order valence-electron chi connectivity index (χ1n) is 5.85. The van der Waals surface area contributed by atoms with Gasteiger partial charge in [0.1, 0.15) is 0 Å². The molecule has 90 valence electrons. The minimum Gasteiger partial charge on any atom is -0.478 e. The summed E-state index contributed by atoms with van der Waals surface area (Å²) < 4.78 is 5.27. The number of carboxylic acids is 1. The van der Waals surface area contributed by atoms with E-state index in [1.54, 1.807) is 0 Å². The molecule has 1 N–H and O–H groups in total. The summed E-state index contributed by atoms with van der Waals surface area (Å²) in [4.78, 5) is 11.3. The molecule has 0 amide bonds. The second-order valence-electron chi connectivity index (χ2n) is 4.20. The Bertz CT molecular complexity index is 403. The Morgan fingerprint density at radius 2 is 1.88 bits per heavy atom. The van der Waals surface area contributed by atoms with Crippen molar-refractivity contribution in [2.75, 3.05) is 13.2 Å². The van der Waals surface area contributed by atoms with Gasteiger partial charge < -0.3 is 9.84 Å². The van der Waals surface area contributed by atoms with E-state index >= 15 is 0 Å². The van der Waals surface area contributed by atoms with E-state index in [4.69, 9.17) is 4.74 Å². The number of carboxylic acid groups (broad SMARTS) is 1. The lowest BCUT2D eigenvalue weighted by molar-refractivity contribution is -0.130. The molecule has 0 aliphatic carbocycles. The van der Waals surface area contributed by atoms with Gasteiger partial charge in [0.05, 0.1) is 5.57 Å². The molecular formula is C14H16O3. The van der Waals surface area contributed by atoms with Gasteiger partial charge in [0, 0.05) is 13.2 Å². The van der Waals surface area contributed by atoms with Crippen molar-refractivity contribution in [1.82, 2.24) is 0 Å². The lowest BCUT2D eigenvalue weighted by Crippen LogP contribution is -2.15. The maximum Gasteiger partial charge on any atom is 0.335 e. The quantitative estimate of drug-likeness (QED) is 0.815. The van der Waals surface area contributed by atoms with Crippen LogP contribution in [0, 0.1) is 5.92 Å². The second kappa shape index (κ2) is 5.64. The van der Waals surface area contributed by atoms with Crippen LogP contribution in [0.15, 0.2) is 36.4 Å². The highest BCUT2D eigenvalue weighted by Gasteiger charge is 2.16. The third kappa shape index (κ3) is 3.17. The first-order valence-corrected chi connectivity index (χ1v) is 5.85. The fourth-order valence-corrected chi connectivity index (χ4v) is 2.03. The van der Waals surface area contributed by atoms with Crippen molar-refractivity contribution in [1.29, 1.82) is 0 Å². The van der Waals surface area contributed by atoms with Crippen molar-refractivity contribution in [3.63, 3.8) is 0 Å². The van der Waals surface area contributed by atoms with Crippen molar-refractivity contribution >= 4 is 11.5 Å². The summed E-state index contributed by atoms with van der Waals surface area (Å²) in [6, 6.07) is 9.27. The number of carbonyl (C=O) groups is 1. The van der Waals surface area contributed by atoms with Gasteiger partial charge in [0.2, 0.25) is 0 Å². The molecule has 3 heteroatoms. The van der Waals surface area contributed by atoms with Crippen LogP contribution in [0.4, 0.5) is 0 Å². The van der Waals surface area contributed by atoms with Crippen LogP contribution in [0.25, 0.3) is 5.57 Å². The Balaban J connectivity index is 2.22. The summed E-state index contributed by atoms with van der Waals surface area (Å²) in [5, 5.41) is 9.26. The Hall–Kier alpha value is -1.61. The van der Waals surface area contributed by atoms with Gasteiger partial charge in [-0.05, 0) is 24.3 Å². The van der Waals surface area contributed by atoms with Crippen LogP contribution in [-0.4, -0.2) is 24.3 Å². The lowest BCUT2D eigenvalue weighted by Gasteiger charge is -2.19. The zero-order valence-corrected chi connectivity index (χ0v) is 9.63. The zero-order valence-electron chi connectivity index (χ0n) is 9.63. The highest BCUT2D eigenvalue weighted by Crippen LogP contribution is 2.22. The molecule has 1 aliphatic rings. The summed E-state index contributed by atoms with van der Waals surface area (Å²) in [5.41, 5.74) is 1.17. The maximum absolute atomic E-state index is 11.3. The van der Waals surface area contributed by atoms with Crippen LogP contribution in [0.2, 0.25) is 0 Å². The Labute approximate surface area is 101 Å². The third-order valence-electron chi connectivity index (χ3n) is 2.98. The molecule has 1 fully saturated rings. The standard InChI is InChI=1S/C14H16O3/c15-14(16)13(12-4-2-1-3-5-12)10-11-6-8-17-9-7-11/h1-5,10-11H,6-9H2,(H,15,16). The molecule has 0 spiro atoms. The molecule has 0 unspecified atom stereocenters. The summed E-state index contributed by atoms with van der Waals surface area (Å²) in [7, 11) is 0. The molecule has 1 aromatic rings. The number of benzene rings is 1. The predicted molar refractivity (Wildman–Crippen MR) is 65.6 cm³/mol. The molecule has 0 bridgehead atoms. The van der Waals surface area contributed by atoms with Crippen LogP contribution >= 0.6 is 0 Å². The van der Waals surface area contributed by atoms with Crippen molar-refractivity contribution in [3.8, 4) is 0 Å². The highest BCUT2D eigenvalue weighted by molar-refractivity contribution is 6.15. The molecular weight excluding hydrogens is 216 g/mol. The minimum absolute atomic E-state index is 0.315. The van der Waals surface area contributed by atoms with Gasteiger partial charge in [-0.2, -0.15) is 0 Å². The molecule has 2 rings (SSSR count). The van der Waals surface area contributed by atoms with E-state index in [1.807, 2.05) is 36.4 Å². The van der Waals surface area contributed by atoms with Gasteiger partial charge >= 0.3 is 5.97 Å². The van der Waals surface area contributed by atoms with Crippen LogP contribution in [-0.2, 0) is 9.53 Å². The maximum atomic E-state index is 11.3. The van der Waals surface area contributed by atoms with E-state index in [0.29, 0.717) is 11.5 Å². The second-order valence-corrected chi connectivity index (χ2v) is 4.20. The largest absolute Gasteiger partial charge is 0.478 e. The summed E-state index contributed by atoms with van der Waals surface area (Å²) >= 11 is 0. The van der Waals surface area contributed by atoms with Gasteiger partial charge in [0.25, 0.3) is 0 Å². The van der Waals surface area contributed by atoms with E-state index in [9.17, 15) is 9.90 Å². The number of hydrogen-bond donors (Lipinski definition) is 1. The molecule has 0 aromatic heterocycles. The number of rotatable bonds is 3. The average Bonchev–Trinajstić information content (AvgIpc) is 2.38. The molecule has 0 saturated carbocycles. The summed E-state index contributed by atoms with van der Waals surface area (Å²) in [6.45, 7) is 1.45. The fourth-order valence-electron chi connectivity index (χ4n) is 2.03. The first kappa shape index (κ1) is 11.9. The molecule has 1 aliphatic heterocycles. The number of hydrogen-bond acceptors (Lipinski definition) is 2. The van der Waals surface area contributed by atoms with E-state index in [2.05, 4.69) is 0 Å². The molecule has 1 aromatic carbocycles. The summed E-state index contributed by atoms with van der Waals surface area (Å²) in [5.74, 6) is -0.544. The molecule has 0 atom stereocenters. The van der Waals surface area contributed by atoms with Crippen molar-refractivity contribution in [2.45, 2.75) is 12.8 Å². The van der Waals surface area contributed by atoms with E-state index < -0.39 is 5.97 Å². The molecule has 17 heavy (non-hydrogen) atoms. The van der Waals surface area contributed by atoms with Gasteiger partial charge in [-0.25, -0.2) is 4.79 Å². The first-order chi connectivity index (χ1) is 8.27. The number of allylic oxidation sites excluding steroid dienone is 1. The van der Waals surface area contributed by atoms with Crippen molar-refractivity contribution in [2.24, 2.45) is 5.92 Å². The van der Waals surface area contributed by atoms with Crippen LogP contribution < -0.4 is 0 Å². The monoisotopic (exact) mass is 232 g/mol. The van der Waals surface area contributed by atoms with Crippen molar-refractivity contribution < 1.29 is 14.6 Å². The Morgan fingerprint density at radius 1 is 1.24 bits per heavy atom. The SMILES string of the molecule is O=C(O)C(=CC1CCOCC1)c1ccccc1. The zero-order chi connectivity index (χ0) is 12.1. The summed E-state index contributed by atoms with van der Waals surface area (Å²) in [6.07, 6.45) is 3.69. The highest BCUT2D eigenvalue weighted by atomic mass is 16.5. The molecule has 1 heterocycles. The van der Waals surface area contributed by atoms with Gasteiger partial charge in [-0.15, -0.1) is 0 Å². The van der Waals surface area contributed by atoms with E-state index in [-0.39, 0.29) is 0 Å². The molecule has 0 radical (unpaired) electrons. The molecule has 3 nitrogen and oxygen atoms in total. The van der Waals surface area contributed by atoms with Crippen LogP contribution in [0.5, 0.6) is 0 Å². The molecule has 1 saturated heterocycles. The topological polar surface area (TPSA) is 46.5 Å². The van der Waals surface area contributed by atoms with Crippen LogP contribution in [0.3, 0.4) is 0 Å². The Morgan fingerprint density at radius 3 is 2.47 bits per heavy atom. The number of ether oxygens (including phenoxy) is 1. The lowest BCUT2D eigenvalue weighted by atomic mass is 9.94. The Kier molecular flexibility index (Phi) is 3.94. The van der Waals surface area contributed by atoms with Crippen molar-refractivity contribution in [3.05, 3.63) is 42.0 Å². The normalized spacial score (nSPS) is 18.0. The number of aliphatic carboxylic acids is 1. The van der Waals surface area contributed by atoms with Gasteiger partial charge in [-0.3, -0.25) is 0 Å². The third-order valence-corrected chi connectivity index (χ3v) is 2.98. The van der Waals surface area contributed by atoms with E-state index in [0.717, 1.165) is 31.6 Å². The van der Waals surface area contributed by atoms with Gasteiger partial charge in [-0.1, -0.05) is 36.4 Å². The predicted octanol–water partition coefficient (Wildman–Crippen LogP) is 2.58. The van der Waals surface area contributed by atoms with E-state index in [1.165, 1.54) is 0 Å². The van der Waals surface area contributed by atoms with Crippen LogP contribution in [0.1, 0.15) is 18.4 Å². The van der Waals surface area contributed by atoms with Gasteiger partial charge in [0.15, 0.2) is 0 Å².